The summed E-state index contributed by atoms with van der Waals surface area (Å²) in [6, 6.07) is 0. The fraction of sp³-hybridized carbons (Fsp3) is 0.909. The van der Waals surface area contributed by atoms with Gasteiger partial charge in [-0.05, 0) is 33.7 Å². The number of halogens is 2. The molecule has 5 heteroatoms. The van der Waals surface area contributed by atoms with Gasteiger partial charge in [-0.2, -0.15) is 0 Å². The molecule has 1 rings (SSSR count). The largest absolute Gasteiger partial charge is 0.460 e. The van der Waals surface area contributed by atoms with Crippen molar-refractivity contribution in [3.8, 4) is 0 Å². The van der Waals surface area contributed by atoms with Crippen LogP contribution >= 0.6 is 0 Å². The predicted octanol–water partition coefficient (Wildman–Crippen LogP) is 1.96. The van der Waals surface area contributed by atoms with Crippen LogP contribution in [0.25, 0.3) is 0 Å². The maximum absolute atomic E-state index is 13.4. The molecule has 1 aliphatic heterocycles. The molecule has 0 aromatic rings. The quantitative estimate of drug-likeness (QED) is 0.744. The van der Waals surface area contributed by atoms with Gasteiger partial charge in [0.05, 0.1) is 13.0 Å². The summed E-state index contributed by atoms with van der Waals surface area (Å²) >= 11 is 0. The van der Waals surface area contributed by atoms with Gasteiger partial charge in [-0.1, -0.05) is 0 Å². The molecule has 1 fully saturated rings. The van der Waals surface area contributed by atoms with Crippen LogP contribution in [0, 0.1) is 5.92 Å². The zero-order valence-corrected chi connectivity index (χ0v) is 9.98. The van der Waals surface area contributed by atoms with Crippen molar-refractivity contribution in [3.05, 3.63) is 0 Å². The van der Waals surface area contributed by atoms with Gasteiger partial charge in [-0.3, -0.25) is 4.79 Å². The first-order valence-electron chi connectivity index (χ1n) is 5.51. The second-order valence-electron chi connectivity index (χ2n) is 5.21. The fourth-order valence-corrected chi connectivity index (χ4v) is 1.72. The topological polar surface area (TPSA) is 38.3 Å². The van der Waals surface area contributed by atoms with E-state index >= 15 is 0 Å². The second-order valence-corrected chi connectivity index (χ2v) is 5.21. The Morgan fingerprint density at radius 2 is 2.12 bits per heavy atom. The normalized spacial score (nSPS) is 25.2. The maximum Gasteiger partial charge on any atom is 0.306 e. The molecule has 0 amide bonds. The number of carbonyl (C=O) groups excluding carboxylic acids is 1. The highest BCUT2D eigenvalue weighted by molar-refractivity contribution is 5.70. The molecule has 1 unspecified atom stereocenters. The summed E-state index contributed by atoms with van der Waals surface area (Å²) in [5, 5.41) is 2.62. The molecule has 0 saturated carbocycles. The van der Waals surface area contributed by atoms with Crippen molar-refractivity contribution in [1.29, 1.82) is 0 Å². The molecule has 0 aromatic carbocycles. The van der Waals surface area contributed by atoms with Crippen LogP contribution in [-0.4, -0.2) is 30.6 Å². The van der Waals surface area contributed by atoms with E-state index in [1.807, 2.05) is 0 Å². The molecule has 0 bridgehead atoms. The van der Waals surface area contributed by atoms with Crippen LogP contribution in [0.1, 0.15) is 33.6 Å². The third-order valence-corrected chi connectivity index (χ3v) is 2.46. The van der Waals surface area contributed by atoms with Crippen LogP contribution < -0.4 is 5.32 Å². The van der Waals surface area contributed by atoms with Crippen LogP contribution in [0.5, 0.6) is 0 Å². The monoisotopic (exact) mass is 235 g/mol. The predicted molar refractivity (Wildman–Crippen MR) is 56.4 cm³/mol. The first-order valence-corrected chi connectivity index (χ1v) is 5.51. The minimum atomic E-state index is -2.81. The Bertz CT molecular complexity index is 261. The first-order chi connectivity index (χ1) is 7.21. The number of ether oxygens (including phenoxy) is 1. The van der Waals surface area contributed by atoms with Gasteiger partial charge in [0.2, 0.25) is 0 Å². The average molecular weight is 235 g/mol. The summed E-state index contributed by atoms with van der Waals surface area (Å²) in [5.74, 6) is -4.25. The lowest BCUT2D eigenvalue weighted by atomic mass is 9.91. The van der Waals surface area contributed by atoms with Gasteiger partial charge in [-0.15, -0.1) is 0 Å². The molecular weight excluding hydrogens is 216 g/mol. The lowest BCUT2D eigenvalue weighted by molar-refractivity contribution is -0.161. The SMILES string of the molecule is CC(C)(C)OC(=O)CC1CCNCC1(F)F. The molecule has 1 N–H and O–H groups in total. The second kappa shape index (κ2) is 4.65. The van der Waals surface area contributed by atoms with E-state index in [9.17, 15) is 13.6 Å². The fourth-order valence-electron chi connectivity index (χ4n) is 1.72. The van der Waals surface area contributed by atoms with E-state index in [1.165, 1.54) is 0 Å². The molecule has 0 spiro atoms. The number of hydrogen-bond donors (Lipinski definition) is 1. The van der Waals surface area contributed by atoms with Crippen LogP contribution in [0.15, 0.2) is 0 Å². The van der Waals surface area contributed by atoms with E-state index in [2.05, 4.69) is 5.32 Å². The Labute approximate surface area is 94.5 Å². The summed E-state index contributed by atoms with van der Waals surface area (Å²) in [6.45, 7) is 5.37. The molecule has 0 aromatic heterocycles. The smallest absolute Gasteiger partial charge is 0.306 e. The third-order valence-electron chi connectivity index (χ3n) is 2.46. The summed E-state index contributed by atoms with van der Waals surface area (Å²) in [5.41, 5.74) is -0.612. The van der Waals surface area contributed by atoms with E-state index in [0.717, 1.165) is 0 Å². The summed E-state index contributed by atoms with van der Waals surface area (Å²) in [7, 11) is 0. The minimum Gasteiger partial charge on any atom is -0.460 e. The number of rotatable bonds is 2. The Hall–Kier alpha value is -0.710. The Kier molecular flexibility index (Phi) is 3.88. The van der Waals surface area contributed by atoms with Crippen LogP contribution in [0.3, 0.4) is 0 Å². The summed E-state index contributed by atoms with van der Waals surface area (Å²) in [4.78, 5) is 11.4. The van der Waals surface area contributed by atoms with E-state index in [4.69, 9.17) is 4.74 Å². The first kappa shape index (κ1) is 13.4. The number of carbonyl (C=O) groups is 1. The van der Waals surface area contributed by atoms with Crippen molar-refractivity contribution < 1.29 is 18.3 Å². The van der Waals surface area contributed by atoms with Gasteiger partial charge in [0, 0.05) is 5.92 Å². The van der Waals surface area contributed by atoms with E-state index < -0.39 is 23.4 Å². The number of hydrogen-bond acceptors (Lipinski definition) is 3. The lowest BCUT2D eigenvalue weighted by Crippen LogP contribution is -2.47. The van der Waals surface area contributed by atoms with E-state index in [0.29, 0.717) is 13.0 Å². The van der Waals surface area contributed by atoms with Gasteiger partial charge in [-0.25, -0.2) is 8.78 Å². The van der Waals surface area contributed by atoms with Crippen molar-refractivity contribution in [3.63, 3.8) is 0 Å². The molecule has 1 saturated heterocycles. The molecule has 0 radical (unpaired) electrons. The van der Waals surface area contributed by atoms with Gasteiger partial charge in [0.25, 0.3) is 5.92 Å². The average Bonchev–Trinajstić information content (AvgIpc) is 2.05. The van der Waals surface area contributed by atoms with Gasteiger partial charge in [0.1, 0.15) is 5.60 Å². The molecule has 1 aliphatic rings. The maximum atomic E-state index is 13.4. The van der Waals surface area contributed by atoms with Crippen molar-refractivity contribution in [2.75, 3.05) is 13.1 Å². The van der Waals surface area contributed by atoms with Gasteiger partial charge < -0.3 is 10.1 Å². The highest BCUT2D eigenvalue weighted by Gasteiger charge is 2.42. The molecule has 16 heavy (non-hydrogen) atoms. The lowest BCUT2D eigenvalue weighted by Gasteiger charge is -2.32. The van der Waals surface area contributed by atoms with Crippen LogP contribution in [0.4, 0.5) is 8.78 Å². The van der Waals surface area contributed by atoms with Crippen molar-refractivity contribution >= 4 is 5.97 Å². The molecule has 1 atom stereocenters. The molecular formula is C11H19F2NO2. The van der Waals surface area contributed by atoms with Gasteiger partial charge >= 0.3 is 5.97 Å². The van der Waals surface area contributed by atoms with Crippen molar-refractivity contribution in [2.45, 2.75) is 45.1 Å². The Morgan fingerprint density at radius 1 is 1.50 bits per heavy atom. The minimum absolute atomic E-state index is 0.202. The van der Waals surface area contributed by atoms with Crippen molar-refractivity contribution in [2.24, 2.45) is 5.92 Å². The summed E-state index contributed by atoms with van der Waals surface area (Å²) in [6.07, 6.45) is 0.109. The highest BCUT2D eigenvalue weighted by atomic mass is 19.3. The zero-order chi connectivity index (χ0) is 12.4. The molecule has 1 heterocycles. The number of piperidine rings is 1. The molecule has 94 valence electrons. The molecule has 3 nitrogen and oxygen atoms in total. The van der Waals surface area contributed by atoms with E-state index in [1.54, 1.807) is 20.8 Å². The van der Waals surface area contributed by atoms with Crippen LogP contribution in [-0.2, 0) is 9.53 Å². The highest BCUT2D eigenvalue weighted by Crippen LogP contribution is 2.32. The zero-order valence-electron chi connectivity index (χ0n) is 9.98. The standard InChI is InChI=1S/C11H19F2NO2/c1-10(2,3)16-9(15)6-8-4-5-14-7-11(8,12)13/h8,14H,4-7H2,1-3H3. The molecule has 0 aliphatic carbocycles. The third kappa shape index (κ3) is 4.04. The number of nitrogens with one attached hydrogen (secondary N) is 1. The Balaban J connectivity index is 2.49. The number of alkyl halides is 2. The van der Waals surface area contributed by atoms with Crippen LogP contribution in [0.2, 0.25) is 0 Å². The van der Waals surface area contributed by atoms with Gasteiger partial charge in [0.15, 0.2) is 0 Å². The summed E-state index contributed by atoms with van der Waals surface area (Å²) < 4.78 is 31.8. The van der Waals surface area contributed by atoms with Crippen molar-refractivity contribution in [1.82, 2.24) is 5.32 Å². The Morgan fingerprint density at radius 3 is 2.62 bits per heavy atom. The van der Waals surface area contributed by atoms with E-state index in [-0.39, 0.29) is 13.0 Å². The number of esters is 1.